The second-order valence-electron chi connectivity index (χ2n) is 6.21. The molecule has 0 N–H and O–H groups in total. The van der Waals surface area contributed by atoms with Crippen LogP contribution in [0.5, 0.6) is 0 Å². The third kappa shape index (κ3) is 3.91. The Hall–Kier alpha value is -1.92. The fourth-order valence-corrected chi connectivity index (χ4v) is 3.58. The minimum absolute atomic E-state index is 0.0259. The zero-order valence-electron chi connectivity index (χ0n) is 14.1. The molecule has 0 aromatic heterocycles. The number of rotatable bonds is 4. The van der Waals surface area contributed by atoms with Crippen molar-refractivity contribution in [3.8, 4) is 0 Å². The van der Waals surface area contributed by atoms with Gasteiger partial charge in [-0.15, -0.1) is 0 Å². The smallest absolute Gasteiger partial charge is 0.256 e. The lowest BCUT2D eigenvalue weighted by molar-refractivity contribution is -0.117. The van der Waals surface area contributed by atoms with E-state index in [9.17, 15) is 14.0 Å². The summed E-state index contributed by atoms with van der Waals surface area (Å²) in [5.74, 6) is -0.698. The van der Waals surface area contributed by atoms with Crippen LogP contribution in [0.1, 0.15) is 28.8 Å². The van der Waals surface area contributed by atoms with E-state index >= 15 is 0 Å². The minimum Gasteiger partial charge on any atom is -0.337 e. The fraction of sp³-hybridized carbons (Fsp3) is 0.263. The van der Waals surface area contributed by atoms with Gasteiger partial charge < -0.3 is 9.80 Å². The molecule has 2 aromatic carbocycles. The monoisotopic (exact) mass is 438 g/mol. The molecule has 2 aromatic rings. The van der Waals surface area contributed by atoms with E-state index in [-0.39, 0.29) is 24.2 Å². The van der Waals surface area contributed by atoms with E-state index in [4.69, 9.17) is 11.6 Å². The molecule has 0 saturated carbocycles. The number of carbonyl (C=O) groups excluding carboxylic acids is 2. The lowest BCUT2D eigenvalue weighted by atomic mass is 10.1. The van der Waals surface area contributed by atoms with E-state index in [0.717, 1.165) is 10.9 Å². The van der Waals surface area contributed by atoms with Crippen molar-refractivity contribution in [2.24, 2.45) is 0 Å². The molecule has 7 heteroatoms. The van der Waals surface area contributed by atoms with Crippen molar-refractivity contribution in [2.75, 3.05) is 18.5 Å². The van der Waals surface area contributed by atoms with E-state index in [1.165, 1.54) is 11.0 Å². The molecule has 0 spiro atoms. The molecule has 2 amide bonds. The van der Waals surface area contributed by atoms with Gasteiger partial charge in [0.15, 0.2) is 0 Å². The summed E-state index contributed by atoms with van der Waals surface area (Å²) < 4.78 is 14.7. The number of nitrogens with zero attached hydrogens (tertiary/aromatic N) is 2. The van der Waals surface area contributed by atoms with E-state index in [1.807, 2.05) is 0 Å². The van der Waals surface area contributed by atoms with Gasteiger partial charge in [0.25, 0.3) is 5.91 Å². The van der Waals surface area contributed by atoms with Gasteiger partial charge in [-0.05, 0) is 42.8 Å². The normalized spacial score (nSPS) is 14.0. The predicted molar refractivity (Wildman–Crippen MR) is 103 cm³/mol. The van der Waals surface area contributed by atoms with Crippen molar-refractivity contribution >= 4 is 45.0 Å². The van der Waals surface area contributed by atoms with Crippen LogP contribution in [0.25, 0.3) is 0 Å². The third-order valence-electron chi connectivity index (χ3n) is 4.32. The lowest BCUT2D eigenvalue weighted by Crippen LogP contribution is -2.31. The first-order valence-electron chi connectivity index (χ1n) is 8.16. The minimum atomic E-state index is -0.376. The second kappa shape index (κ2) is 7.76. The highest BCUT2D eigenvalue weighted by Gasteiger charge is 2.27. The highest BCUT2D eigenvalue weighted by molar-refractivity contribution is 9.10. The molecular weight excluding hydrogens is 423 g/mol. The standard InChI is InChI=1S/C19H17BrClFN2O2/c1-23(11-12-9-13(20)4-7-16(12)22)19(26)15-6-5-14(21)10-17(15)24-8-2-3-18(24)25/h4-7,9-10H,2-3,8,11H2,1H3. The molecule has 1 saturated heterocycles. The van der Waals surface area contributed by atoms with E-state index in [0.29, 0.717) is 34.8 Å². The van der Waals surface area contributed by atoms with Crippen molar-refractivity contribution < 1.29 is 14.0 Å². The maximum absolute atomic E-state index is 14.0. The molecule has 4 nitrogen and oxygen atoms in total. The van der Waals surface area contributed by atoms with Crippen LogP contribution >= 0.6 is 27.5 Å². The number of hydrogen-bond donors (Lipinski definition) is 0. The molecule has 0 bridgehead atoms. The third-order valence-corrected chi connectivity index (χ3v) is 5.04. The Bertz CT molecular complexity index is 875. The van der Waals surface area contributed by atoms with Gasteiger partial charge in [-0.2, -0.15) is 0 Å². The quantitative estimate of drug-likeness (QED) is 0.696. The second-order valence-corrected chi connectivity index (χ2v) is 7.56. The van der Waals surface area contributed by atoms with Gasteiger partial charge in [-0.25, -0.2) is 4.39 Å². The topological polar surface area (TPSA) is 40.6 Å². The molecule has 0 aliphatic carbocycles. The molecule has 0 radical (unpaired) electrons. The number of anilines is 1. The van der Waals surface area contributed by atoms with Crippen molar-refractivity contribution in [1.29, 1.82) is 0 Å². The predicted octanol–water partition coefficient (Wildman–Crippen LogP) is 4.64. The Morgan fingerprint density at radius 2 is 2.08 bits per heavy atom. The summed E-state index contributed by atoms with van der Waals surface area (Å²) in [6.07, 6.45) is 1.21. The average Bonchev–Trinajstić information content (AvgIpc) is 3.03. The number of halogens is 3. The average molecular weight is 440 g/mol. The van der Waals surface area contributed by atoms with Crippen LogP contribution in [0.3, 0.4) is 0 Å². The van der Waals surface area contributed by atoms with Crippen LogP contribution < -0.4 is 4.90 Å². The molecule has 0 atom stereocenters. The highest BCUT2D eigenvalue weighted by Crippen LogP contribution is 2.30. The van der Waals surface area contributed by atoms with E-state index < -0.39 is 0 Å². The summed E-state index contributed by atoms with van der Waals surface area (Å²) >= 11 is 9.39. The Kier molecular flexibility index (Phi) is 5.63. The van der Waals surface area contributed by atoms with Gasteiger partial charge in [0.1, 0.15) is 5.82 Å². The summed E-state index contributed by atoms with van der Waals surface area (Å²) in [5, 5.41) is 0.455. The number of benzene rings is 2. The van der Waals surface area contributed by atoms with Crippen LogP contribution in [-0.2, 0) is 11.3 Å². The summed E-state index contributed by atoms with van der Waals surface area (Å²) in [6.45, 7) is 0.670. The molecule has 136 valence electrons. The van der Waals surface area contributed by atoms with Gasteiger partial charge in [-0.3, -0.25) is 9.59 Å². The number of hydrogen-bond acceptors (Lipinski definition) is 2. The zero-order valence-corrected chi connectivity index (χ0v) is 16.5. The van der Waals surface area contributed by atoms with Crippen molar-refractivity contribution in [1.82, 2.24) is 4.90 Å². The lowest BCUT2D eigenvalue weighted by Gasteiger charge is -2.23. The maximum Gasteiger partial charge on any atom is 0.256 e. The Balaban J connectivity index is 1.89. The van der Waals surface area contributed by atoms with Crippen LogP contribution in [0.15, 0.2) is 40.9 Å². The first kappa shape index (κ1) is 18.9. The van der Waals surface area contributed by atoms with Crippen molar-refractivity contribution in [3.05, 3.63) is 62.8 Å². The Morgan fingerprint density at radius 3 is 2.77 bits per heavy atom. The number of carbonyl (C=O) groups is 2. The molecule has 26 heavy (non-hydrogen) atoms. The first-order chi connectivity index (χ1) is 12.4. The summed E-state index contributed by atoms with van der Waals surface area (Å²) in [5.41, 5.74) is 1.29. The molecular formula is C19H17BrClFN2O2. The molecule has 3 rings (SSSR count). The molecule has 1 fully saturated rings. The first-order valence-corrected chi connectivity index (χ1v) is 9.33. The van der Waals surface area contributed by atoms with E-state index in [2.05, 4.69) is 15.9 Å². The molecule has 1 heterocycles. The van der Waals surface area contributed by atoms with Gasteiger partial charge in [-0.1, -0.05) is 27.5 Å². The van der Waals surface area contributed by atoms with Gasteiger partial charge in [0.05, 0.1) is 11.3 Å². The van der Waals surface area contributed by atoms with Gasteiger partial charge >= 0.3 is 0 Å². The largest absolute Gasteiger partial charge is 0.337 e. The van der Waals surface area contributed by atoms with Gasteiger partial charge in [0, 0.05) is 41.6 Å². The summed E-state index contributed by atoms with van der Waals surface area (Å²) in [4.78, 5) is 28.1. The van der Waals surface area contributed by atoms with Crippen molar-refractivity contribution in [2.45, 2.75) is 19.4 Å². The van der Waals surface area contributed by atoms with Crippen LogP contribution in [-0.4, -0.2) is 30.3 Å². The SMILES string of the molecule is CN(Cc1cc(Br)ccc1F)C(=O)c1ccc(Cl)cc1N1CCCC1=O. The Labute approximate surface area is 164 Å². The summed E-state index contributed by atoms with van der Waals surface area (Å²) in [6, 6.07) is 9.47. The molecule has 0 unspecified atom stereocenters. The maximum atomic E-state index is 14.0. The summed E-state index contributed by atoms with van der Waals surface area (Å²) in [7, 11) is 1.60. The zero-order chi connectivity index (χ0) is 18.8. The number of amides is 2. The molecule has 1 aliphatic heterocycles. The van der Waals surface area contributed by atoms with Crippen LogP contribution in [0.4, 0.5) is 10.1 Å². The molecule has 1 aliphatic rings. The van der Waals surface area contributed by atoms with Gasteiger partial charge in [0.2, 0.25) is 5.91 Å². The van der Waals surface area contributed by atoms with Crippen molar-refractivity contribution in [3.63, 3.8) is 0 Å². The fourth-order valence-electron chi connectivity index (χ4n) is 3.01. The van der Waals surface area contributed by atoms with Crippen LogP contribution in [0.2, 0.25) is 5.02 Å². The Morgan fingerprint density at radius 1 is 1.31 bits per heavy atom. The highest BCUT2D eigenvalue weighted by atomic mass is 79.9. The van der Waals surface area contributed by atoms with Crippen LogP contribution in [0, 0.1) is 5.82 Å². The van der Waals surface area contributed by atoms with E-state index in [1.54, 1.807) is 42.3 Å².